The first-order chi connectivity index (χ1) is 8.92. The molecule has 1 nitrogen and oxygen atoms in total. The Labute approximate surface area is 106 Å². The molecule has 0 amide bonds. The fourth-order valence-corrected chi connectivity index (χ4v) is 1.95. The van der Waals surface area contributed by atoms with Crippen LogP contribution in [0.1, 0.15) is 5.56 Å². The summed E-state index contributed by atoms with van der Waals surface area (Å²) in [6.45, 7) is 0. The summed E-state index contributed by atoms with van der Waals surface area (Å²) in [5.74, 6) is 0. The SMILES string of the molecule is C(=N\c1ccc2ccccc2c1)/c1ccccc1. The molecule has 0 aromatic heterocycles. The summed E-state index contributed by atoms with van der Waals surface area (Å²) in [6.07, 6.45) is 1.89. The van der Waals surface area contributed by atoms with E-state index in [1.54, 1.807) is 0 Å². The third-order valence-corrected chi connectivity index (χ3v) is 2.90. The molecule has 1 heteroatoms. The van der Waals surface area contributed by atoms with Gasteiger partial charge in [0.1, 0.15) is 0 Å². The van der Waals surface area contributed by atoms with Crippen LogP contribution in [0, 0.1) is 0 Å². The Morgan fingerprint density at radius 2 is 1.39 bits per heavy atom. The van der Waals surface area contributed by atoms with Crippen LogP contribution in [-0.4, -0.2) is 6.21 Å². The van der Waals surface area contributed by atoms with Crippen molar-refractivity contribution in [2.45, 2.75) is 0 Å². The fourth-order valence-electron chi connectivity index (χ4n) is 1.95. The molecule has 0 saturated carbocycles. The third kappa shape index (κ3) is 2.30. The maximum Gasteiger partial charge on any atom is 0.0636 e. The highest BCUT2D eigenvalue weighted by molar-refractivity contribution is 5.87. The zero-order chi connectivity index (χ0) is 12.2. The maximum absolute atomic E-state index is 4.50. The van der Waals surface area contributed by atoms with Gasteiger partial charge >= 0.3 is 0 Å². The Morgan fingerprint density at radius 1 is 0.667 bits per heavy atom. The van der Waals surface area contributed by atoms with Crippen LogP contribution in [0.25, 0.3) is 10.8 Å². The molecule has 0 bridgehead atoms. The van der Waals surface area contributed by atoms with E-state index in [0.29, 0.717) is 0 Å². The monoisotopic (exact) mass is 231 g/mol. The summed E-state index contributed by atoms with van der Waals surface area (Å²) in [5.41, 5.74) is 2.10. The number of benzene rings is 3. The van der Waals surface area contributed by atoms with E-state index in [0.717, 1.165) is 11.3 Å². The van der Waals surface area contributed by atoms with Gasteiger partial charge in [-0.05, 0) is 28.5 Å². The van der Waals surface area contributed by atoms with Gasteiger partial charge in [0, 0.05) is 6.21 Å². The topological polar surface area (TPSA) is 12.4 Å². The van der Waals surface area contributed by atoms with Gasteiger partial charge in [-0.2, -0.15) is 0 Å². The molecule has 86 valence electrons. The van der Waals surface area contributed by atoms with Crippen molar-refractivity contribution in [1.82, 2.24) is 0 Å². The largest absolute Gasteiger partial charge is 0.256 e. The minimum absolute atomic E-state index is 0.984. The zero-order valence-electron chi connectivity index (χ0n) is 9.95. The molecule has 0 atom stereocenters. The van der Waals surface area contributed by atoms with Crippen molar-refractivity contribution in [3.05, 3.63) is 78.4 Å². The van der Waals surface area contributed by atoms with Crippen LogP contribution in [0.2, 0.25) is 0 Å². The van der Waals surface area contributed by atoms with Crippen LogP contribution in [0.5, 0.6) is 0 Å². The normalized spacial score (nSPS) is 11.1. The minimum atomic E-state index is 0.984. The van der Waals surface area contributed by atoms with Gasteiger partial charge in [0.2, 0.25) is 0 Å². The summed E-state index contributed by atoms with van der Waals surface area (Å²) in [6, 6.07) is 24.7. The number of fused-ring (bicyclic) bond motifs is 1. The average molecular weight is 231 g/mol. The average Bonchev–Trinajstić information content (AvgIpc) is 2.46. The molecule has 0 radical (unpaired) electrons. The first kappa shape index (κ1) is 10.7. The van der Waals surface area contributed by atoms with Gasteiger partial charge in [-0.25, -0.2) is 0 Å². The van der Waals surface area contributed by atoms with Crippen molar-refractivity contribution >= 4 is 22.7 Å². The Hall–Kier alpha value is -2.41. The van der Waals surface area contributed by atoms with Crippen molar-refractivity contribution in [3.8, 4) is 0 Å². The number of hydrogen-bond donors (Lipinski definition) is 0. The van der Waals surface area contributed by atoms with E-state index in [2.05, 4.69) is 35.3 Å². The van der Waals surface area contributed by atoms with E-state index in [1.807, 2.05) is 48.7 Å². The van der Waals surface area contributed by atoms with Crippen molar-refractivity contribution < 1.29 is 0 Å². The van der Waals surface area contributed by atoms with Crippen LogP contribution in [0.4, 0.5) is 5.69 Å². The maximum atomic E-state index is 4.50. The van der Waals surface area contributed by atoms with E-state index >= 15 is 0 Å². The van der Waals surface area contributed by atoms with Crippen molar-refractivity contribution in [3.63, 3.8) is 0 Å². The predicted octanol–water partition coefficient (Wildman–Crippen LogP) is 4.59. The van der Waals surface area contributed by atoms with E-state index in [1.165, 1.54) is 10.8 Å². The summed E-state index contributed by atoms with van der Waals surface area (Å²) in [7, 11) is 0. The van der Waals surface area contributed by atoms with Gasteiger partial charge in [-0.15, -0.1) is 0 Å². The lowest BCUT2D eigenvalue weighted by molar-refractivity contribution is 1.55. The summed E-state index contributed by atoms with van der Waals surface area (Å²) >= 11 is 0. The quantitative estimate of drug-likeness (QED) is 0.572. The Bertz CT molecular complexity index is 684. The molecule has 0 aliphatic carbocycles. The van der Waals surface area contributed by atoms with E-state index in [9.17, 15) is 0 Å². The van der Waals surface area contributed by atoms with Crippen LogP contribution in [0.3, 0.4) is 0 Å². The van der Waals surface area contributed by atoms with Crippen LogP contribution < -0.4 is 0 Å². The van der Waals surface area contributed by atoms with E-state index in [-0.39, 0.29) is 0 Å². The van der Waals surface area contributed by atoms with Crippen molar-refractivity contribution in [1.29, 1.82) is 0 Å². The lowest BCUT2D eigenvalue weighted by Gasteiger charge is -1.98. The highest BCUT2D eigenvalue weighted by Gasteiger charge is 1.93. The van der Waals surface area contributed by atoms with Gasteiger partial charge in [0.15, 0.2) is 0 Å². The molecule has 0 saturated heterocycles. The molecule has 18 heavy (non-hydrogen) atoms. The smallest absolute Gasteiger partial charge is 0.0636 e. The second-order valence-electron chi connectivity index (χ2n) is 4.20. The Balaban J connectivity index is 1.93. The van der Waals surface area contributed by atoms with Crippen LogP contribution >= 0.6 is 0 Å². The van der Waals surface area contributed by atoms with Gasteiger partial charge in [0.25, 0.3) is 0 Å². The molecule has 0 aliphatic rings. The second-order valence-corrected chi connectivity index (χ2v) is 4.20. The first-order valence-corrected chi connectivity index (χ1v) is 6.00. The number of aliphatic imine (C=N–C) groups is 1. The molecule has 0 spiro atoms. The van der Waals surface area contributed by atoms with Gasteiger partial charge in [-0.3, -0.25) is 4.99 Å². The molecule has 0 unspecified atom stereocenters. The second kappa shape index (κ2) is 4.84. The fraction of sp³-hybridized carbons (Fsp3) is 0. The van der Waals surface area contributed by atoms with E-state index in [4.69, 9.17) is 0 Å². The first-order valence-electron chi connectivity index (χ1n) is 6.00. The van der Waals surface area contributed by atoms with E-state index < -0.39 is 0 Å². The molecule has 0 heterocycles. The predicted molar refractivity (Wildman–Crippen MR) is 77.6 cm³/mol. The molecule has 3 aromatic carbocycles. The van der Waals surface area contributed by atoms with Gasteiger partial charge in [0.05, 0.1) is 5.69 Å². The summed E-state index contributed by atoms with van der Waals surface area (Å²) < 4.78 is 0. The summed E-state index contributed by atoms with van der Waals surface area (Å²) in [5, 5.41) is 2.47. The zero-order valence-corrected chi connectivity index (χ0v) is 9.95. The molecule has 0 N–H and O–H groups in total. The van der Waals surface area contributed by atoms with Crippen LogP contribution in [0.15, 0.2) is 77.8 Å². The number of rotatable bonds is 2. The lowest BCUT2D eigenvalue weighted by Crippen LogP contribution is -1.78. The summed E-state index contributed by atoms with van der Waals surface area (Å²) in [4.78, 5) is 4.50. The van der Waals surface area contributed by atoms with Gasteiger partial charge < -0.3 is 0 Å². The molecule has 0 fully saturated rings. The molecule has 3 aromatic rings. The van der Waals surface area contributed by atoms with Gasteiger partial charge in [-0.1, -0.05) is 60.7 Å². The van der Waals surface area contributed by atoms with Crippen molar-refractivity contribution in [2.24, 2.45) is 4.99 Å². The van der Waals surface area contributed by atoms with Crippen molar-refractivity contribution in [2.75, 3.05) is 0 Å². The lowest BCUT2D eigenvalue weighted by atomic mass is 10.1. The molecular formula is C17H13N. The molecular weight excluding hydrogens is 218 g/mol. The third-order valence-electron chi connectivity index (χ3n) is 2.90. The Morgan fingerprint density at radius 3 is 2.22 bits per heavy atom. The minimum Gasteiger partial charge on any atom is -0.256 e. The highest BCUT2D eigenvalue weighted by Crippen LogP contribution is 2.20. The number of nitrogens with zero attached hydrogens (tertiary/aromatic N) is 1. The Kier molecular flexibility index (Phi) is 2.89. The number of hydrogen-bond acceptors (Lipinski definition) is 1. The van der Waals surface area contributed by atoms with Crippen LogP contribution in [-0.2, 0) is 0 Å². The molecule has 0 aliphatic heterocycles. The highest BCUT2D eigenvalue weighted by atomic mass is 14.7. The molecule has 3 rings (SSSR count). The standard InChI is InChI=1S/C17H13N/c1-2-6-14(7-3-1)13-18-17-11-10-15-8-4-5-9-16(15)12-17/h1-13H/b18-13+.